The molecule has 0 bridgehead atoms. The minimum atomic E-state index is -1.01. The smallest absolute Gasteiger partial charge is 0.335 e. The van der Waals surface area contributed by atoms with Crippen LogP contribution in [0.2, 0.25) is 0 Å². The van der Waals surface area contributed by atoms with E-state index in [2.05, 4.69) is 4.98 Å². The first-order chi connectivity index (χ1) is 9.16. The Kier molecular flexibility index (Phi) is 3.83. The first-order valence-corrected chi connectivity index (χ1v) is 5.63. The molecule has 1 aromatic heterocycles. The number of ketones is 1. The van der Waals surface area contributed by atoms with Crippen molar-refractivity contribution in [3.8, 4) is 0 Å². The van der Waals surface area contributed by atoms with Gasteiger partial charge in [-0.1, -0.05) is 18.2 Å². The van der Waals surface area contributed by atoms with Gasteiger partial charge in [-0.3, -0.25) is 9.78 Å². The summed E-state index contributed by atoms with van der Waals surface area (Å²) in [4.78, 5) is 26.6. The topological polar surface area (TPSA) is 67.3 Å². The molecule has 1 N–H and O–H groups in total. The van der Waals surface area contributed by atoms with Gasteiger partial charge in [-0.25, -0.2) is 4.79 Å². The summed E-state index contributed by atoms with van der Waals surface area (Å²) >= 11 is 0. The molecule has 4 nitrogen and oxygen atoms in total. The summed E-state index contributed by atoms with van der Waals surface area (Å²) in [7, 11) is 0. The molecule has 94 valence electrons. The Morgan fingerprint density at radius 3 is 2.26 bits per heavy atom. The number of nitrogens with zero attached hydrogens (tertiary/aromatic N) is 1. The van der Waals surface area contributed by atoms with Gasteiger partial charge < -0.3 is 5.11 Å². The maximum absolute atomic E-state index is 11.8. The predicted octanol–water partition coefficient (Wildman–Crippen LogP) is 2.68. The van der Waals surface area contributed by atoms with Gasteiger partial charge in [0.25, 0.3) is 0 Å². The molecule has 0 fully saturated rings. The van der Waals surface area contributed by atoms with Crippen molar-refractivity contribution in [2.45, 2.75) is 0 Å². The SMILES string of the molecule is O=C(O)c1ccc(C(=O)/C=C/c2ccccn2)cc1. The molecule has 0 saturated heterocycles. The molecule has 0 aliphatic carbocycles. The molecule has 0 atom stereocenters. The van der Waals surface area contributed by atoms with Gasteiger partial charge in [-0.15, -0.1) is 0 Å². The molecule has 0 aliphatic heterocycles. The molecule has 0 saturated carbocycles. The number of carbonyl (C=O) groups is 2. The number of hydrogen-bond donors (Lipinski definition) is 1. The zero-order valence-corrected chi connectivity index (χ0v) is 9.98. The van der Waals surface area contributed by atoms with Gasteiger partial charge in [-0.05, 0) is 36.4 Å². The minimum Gasteiger partial charge on any atom is -0.478 e. The first kappa shape index (κ1) is 12.7. The number of allylic oxidation sites excluding steroid dienone is 1. The molecule has 0 aliphatic rings. The van der Waals surface area contributed by atoms with Crippen LogP contribution in [0.15, 0.2) is 54.7 Å². The molecule has 4 heteroatoms. The van der Waals surface area contributed by atoms with Crippen LogP contribution in [0.5, 0.6) is 0 Å². The van der Waals surface area contributed by atoms with Gasteiger partial charge in [0, 0.05) is 11.8 Å². The number of benzene rings is 1. The van der Waals surface area contributed by atoms with Crippen molar-refractivity contribution in [1.29, 1.82) is 0 Å². The zero-order valence-electron chi connectivity index (χ0n) is 9.98. The van der Waals surface area contributed by atoms with Gasteiger partial charge in [0.05, 0.1) is 11.3 Å². The number of aromatic nitrogens is 1. The van der Waals surface area contributed by atoms with Crippen molar-refractivity contribution in [2.75, 3.05) is 0 Å². The molecule has 0 amide bonds. The predicted molar refractivity (Wildman–Crippen MR) is 71.0 cm³/mol. The van der Waals surface area contributed by atoms with Crippen LogP contribution in [-0.4, -0.2) is 21.8 Å². The quantitative estimate of drug-likeness (QED) is 0.672. The summed E-state index contributed by atoms with van der Waals surface area (Å²) in [6, 6.07) is 11.2. The van der Waals surface area contributed by atoms with Crippen molar-refractivity contribution in [2.24, 2.45) is 0 Å². The normalized spacial score (nSPS) is 10.5. The van der Waals surface area contributed by atoms with E-state index in [1.807, 2.05) is 6.07 Å². The number of carboxylic acid groups (broad SMARTS) is 1. The number of carboxylic acids is 1. The lowest BCUT2D eigenvalue weighted by molar-refractivity contribution is 0.0696. The second-order valence-electron chi connectivity index (χ2n) is 3.83. The van der Waals surface area contributed by atoms with Crippen molar-refractivity contribution in [3.63, 3.8) is 0 Å². The van der Waals surface area contributed by atoms with Gasteiger partial charge in [-0.2, -0.15) is 0 Å². The van der Waals surface area contributed by atoms with Crippen molar-refractivity contribution in [3.05, 3.63) is 71.6 Å². The largest absolute Gasteiger partial charge is 0.478 e. The Morgan fingerprint density at radius 2 is 1.68 bits per heavy atom. The van der Waals surface area contributed by atoms with Crippen molar-refractivity contribution in [1.82, 2.24) is 4.98 Å². The van der Waals surface area contributed by atoms with E-state index in [9.17, 15) is 9.59 Å². The van der Waals surface area contributed by atoms with E-state index >= 15 is 0 Å². The average molecular weight is 253 g/mol. The van der Waals surface area contributed by atoms with Crippen LogP contribution in [-0.2, 0) is 0 Å². The summed E-state index contributed by atoms with van der Waals surface area (Å²) < 4.78 is 0. The number of carbonyl (C=O) groups excluding carboxylic acids is 1. The third-order valence-electron chi connectivity index (χ3n) is 2.51. The number of aromatic carboxylic acids is 1. The molecular weight excluding hydrogens is 242 g/mol. The van der Waals surface area contributed by atoms with Crippen LogP contribution in [0, 0.1) is 0 Å². The maximum atomic E-state index is 11.8. The van der Waals surface area contributed by atoms with E-state index in [1.165, 1.54) is 30.3 Å². The fourth-order valence-corrected chi connectivity index (χ4v) is 1.51. The van der Waals surface area contributed by atoms with E-state index < -0.39 is 5.97 Å². The Labute approximate surface area is 110 Å². The van der Waals surface area contributed by atoms with Gasteiger partial charge >= 0.3 is 5.97 Å². The minimum absolute atomic E-state index is 0.158. The summed E-state index contributed by atoms with van der Waals surface area (Å²) in [5.41, 5.74) is 1.29. The number of hydrogen-bond acceptors (Lipinski definition) is 3. The summed E-state index contributed by atoms with van der Waals surface area (Å²) in [6.45, 7) is 0. The summed E-state index contributed by atoms with van der Waals surface area (Å²) in [5, 5.41) is 8.76. The fraction of sp³-hybridized carbons (Fsp3) is 0. The molecule has 2 aromatic rings. The van der Waals surface area contributed by atoms with Crippen LogP contribution < -0.4 is 0 Å². The van der Waals surface area contributed by atoms with E-state index in [-0.39, 0.29) is 11.3 Å². The molecule has 19 heavy (non-hydrogen) atoms. The fourth-order valence-electron chi connectivity index (χ4n) is 1.51. The van der Waals surface area contributed by atoms with E-state index in [0.29, 0.717) is 11.3 Å². The highest BCUT2D eigenvalue weighted by atomic mass is 16.4. The molecule has 1 aromatic carbocycles. The van der Waals surface area contributed by atoms with Gasteiger partial charge in [0.15, 0.2) is 5.78 Å². The summed E-state index contributed by atoms with van der Waals surface area (Å²) in [6.07, 6.45) is 4.68. The monoisotopic (exact) mass is 253 g/mol. The number of pyridine rings is 1. The Morgan fingerprint density at radius 1 is 1.00 bits per heavy atom. The second kappa shape index (κ2) is 5.73. The van der Waals surface area contributed by atoms with E-state index in [0.717, 1.165) is 0 Å². The molecular formula is C15H11NO3. The molecule has 0 radical (unpaired) electrons. The van der Waals surface area contributed by atoms with E-state index in [1.54, 1.807) is 24.4 Å². The van der Waals surface area contributed by atoms with Crippen LogP contribution in [0.1, 0.15) is 26.4 Å². The lowest BCUT2D eigenvalue weighted by Crippen LogP contribution is -1.98. The highest BCUT2D eigenvalue weighted by Crippen LogP contribution is 2.07. The standard InChI is InChI=1S/C15H11NO3/c17-14(9-8-13-3-1-2-10-16-13)11-4-6-12(7-5-11)15(18)19/h1-10H,(H,18,19)/b9-8+. The lowest BCUT2D eigenvalue weighted by Gasteiger charge is -1.97. The Balaban J connectivity index is 2.12. The van der Waals surface area contributed by atoms with Crippen molar-refractivity contribution < 1.29 is 14.7 Å². The van der Waals surface area contributed by atoms with Crippen LogP contribution in [0.25, 0.3) is 6.08 Å². The third-order valence-corrected chi connectivity index (χ3v) is 2.51. The van der Waals surface area contributed by atoms with Crippen molar-refractivity contribution >= 4 is 17.8 Å². The molecule has 1 heterocycles. The summed E-state index contributed by atoms with van der Waals surface area (Å²) in [5.74, 6) is -1.20. The Bertz CT molecular complexity index is 616. The zero-order chi connectivity index (χ0) is 13.7. The Hall–Kier alpha value is -2.75. The number of rotatable bonds is 4. The molecule has 2 rings (SSSR count). The molecule has 0 unspecified atom stereocenters. The van der Waals surface area contributed by atoms with Crippen LogP contribution in [0.3, 0.4) is 0 Å². The van der Waals surface area contributed by atoms with Crippen LogP contribution in [0.4, 0.5) is 0 Å². The van der Waals surface area contributed by atoms with Crippen LogP contribution >= 0.6 is 0 Å². The highest BCUT2D eigenvalue weighted by molar-refractivity contribution is 6.07. The van der Waals surface area contributed by atoms with Gasteiger partial charge in [0.1, 0.15) is 0 Å². The van der Waals surface area contributed by atoms with Gasteiger partial charge in [0.2, 0.25) is 0 Å². The molecule has 0 spiro atoms. The highest BCUT2D eigenvalue weighted by Gasteiger charge is 2.05. The lowest BCUT2D eigenvalue weighted by atomic mass is 10.1. The third kappa shape index (κ3) is 3.35. The second-order valence-corrected chi connectivity index (χ2v) is 3.83. The first-order valence-electron chi connectivity index (χ1n) is 5.63. The average Bonchev–Trinajstić information content (AvgIpc) is 2.46. The van der Waals surface area contributed by atoms with E-state index in [4.69, 9.17) is 5.11 Å². The maximum Gasteiger partial charge on any atom is 0.335 e.